The lowest BCUT2D eigenvalue weighted by Crippen LogP contribution is -2.35. The number of allylic oxidation sites excluding steroid dienone is 1. The zero-order valence-electron chi connectivity index (χ0n) is 11.3. The smallest absolute Gasteiger partial charge is 0.177 e. The van der Waals surface area contributed by atoms with Crippen molar-refractivity contribution < 1.29 is 9.59 Å². The molecule has 0 saturated heterocycles. The molecule has 3 nitrogen and oxygen atoms in total. The van der Waals surface area contributed by atoms with E-state index < -0.39 is 5.41 Å². The first-order valence-electron chi connectivity index (χ1n) is 5.83. The number of benzene rings is 1. The Balaban J connectivity index is 3.18. The maximum absolute atomic E-state index is 12.4. The van der Waals surface area contributed by atoms with E-state index in [1.165, 1.54) is 0 Å². The summed E-state index contributed by atoms with van der Waals surface area (Å²) in [6.45, 7) is 3.39. The van der Waals surface area contributed by atoms with Crippen LogP contribution in [0.15, 0.2) is 42.1 Å². The van der Waals surface area contributed by atoms with Crippen LogP contribution in [0, 0.1) is 0 Å². The molecule has 96 valence electrons. The highest BCUT2D eigenvalue weighted by atomic mass is 16.1. The molecule has 0 aliphatic carbocycles. The van der Waals surface area contributed by atoms with Gasteiger partial charge in [0.25, 0.3) is 0 Å². The van der Waals surface area contributed by atoms with Gasteiger partial charge in [0.05, 0.1) is 0 Å². The van der Waals surface area contributed by atoms with Crippen LogP contribution >= 0.6 is 0 Å². The summed E-state index contributed by atoms with van der Waals surface area (Å²) in [5.41, 5.74) is 0.174. The van der Waals surface area contributed by atoms with Gasteiger partial charge in [-0.1, -0.05) is 30.3 Å². The van der Waals surface area contributed by atoms with E-state index in [0.29, 0.717) is 5.57 Å². The van der Waals surface area contributed by atoms with E-state index in [9.17, 15) is 9.59 Å². The Bertz CT molecular complexity index is 463. The Morgan fingerprint density at radius 1 is 1.22 bits per heavy atom. The number of ketones is 1. The number of Topliss-reactive ketones (excluding diaryl/α,β-unsaturated/α-hetero) is 1. The number of hydrogen-bond donors (Lipinski definition) is 0. The molecule has 0 aliphatic heterocycles. The van der Waals surface area contributed by atoms with Gasteiger partial charge in [-0.3, -0.25) is 4.79 Å². The first-order valence-corrected chi connectivity index (χ1v) is 5.83. The summed E-state index contributed by atoms with van der Waals surface area (Å²) in [7, 11) is 3.69. The van der Waals surface area contributed by atoms with Crippen molar-refractivity contribution in [2.24, 2.45) is 0 Å². The van der Waals surface area contributed by atoms with Crippen LogP contribution < -0.4 is 0 Å². The number of hydrogen-bond acceptors (Lipinski definition) is 3. The predicted octanol–water partition coefficient (Wildman–Crippen LogP) is 2.18. The lowest BCUT2D eigenvalue weighted by molar-refractivity contribution is -0.126. The molecule has 0 saturated carbocycles. The largest absolute Gasteiger partial charge is 0.383 e. The molecular weight excluding hydrogens is 226 g/mol. The monoisotopic (exact) mass is 245 g/mol. The molecule has 0 N–H and O–H groups in total. The summed E-state index contributed by atoms with van der Waals surface area (Å²) in [5.74, 6) is -0.169. The zero-order chi connectivity index (χ0) is 13.8. The van der Waals surface area contributed by atoms with Crippen molar-refractivity contribution in [1.29, 1.82) is 0 Å². The van der Waals surface area contributed by atoms with Gasteiger partial charge in [0, 0.05) is 25.9 Å². The molecule has 1 aromatic carbocycles. The maximum Gasteiger partial charge on any atom is 0.177 e. The molecular formula is C15H19NO2. The normalized spacial score (nSPS) is 14.8. The molecule has 0 amide bonds. The van der Waals surface area contributed by atoms with Gasteiger partial charge in [0.1, 0.15) is 11.7 Å². The van der Waals surface area contributed by atoms with E-state index >= 15 is 0 Å². The summed E-state index contributed by atoms with van der Waals surface area (Å²) in [6, 6.07) is 9.12. The molecule has 0 fully saturated rings. The fraction of sp³-hybridized carbons (Fsp3) is 0.333. The van der Waals surface area contributed by atoms with Crippen molar-refractivity contribution in [1.82, 2.24) is 4.90 Å². The number of aldehydes is 1. The standard InChI is InChI=1S/C15H19NO2/c1-12(10-16(3)4)14(18)15(2,11-17)13-8-6-5-7-9-13/h5-11H,1-4H3/b12-10+. The van der Waals surface area contributed by atoms with E-state index in [-0.39, 0.29) is 5.78 Å². The average Bonchev–Trinajstić information content (AvgIpc) is 2.37. The van der Waals surface area contributed by atoms with Crippen molar-refractivity contribution in [2.75, 3.05) is 14.1 Å². The fourth-order valence-electron chi connectivity index (χ4n) is 1.89. The van der Waals surface area contributed by atoms with Crippen molar-refractivity contribution >= 4 is 12.1 Å². The Morgan fingerprint density at radius 3 is 2.22 bits per heavy atom. The van der Waals surface area contributed by atoms with E-state index in [1.54, 1.807) is 37.1 Å². The third-order valence-electron chi connectivity index (χ3n) is 2.89. The molecule has 1 aromatic rings. The van der Waals surface area contributed by atoms with Crippen LogP contribution in [-0.4, -0.2) is 31.1 Å². The summed E-state index contributed by atoms with van der Waals surface area (Å²) in [6.07, 6.45) is 2.45. The topological polar surface area (TPSA) is 37.4 Å². The second-order valence-corrected chi connectivity index (χ2v) is 4.79. The zero-order valence-corrected chi connectivity index (χ0v) is 11.3. The first-order chi connectivity index (χ1) is 8.41. The molecule has 0 aliphatic rings. The van der Waals surface area contributed by atoms with Crippen LogP contribution in [0.3, 0.4) is 0 Å². The molecule has 1 atom stereocenters. The van der Waals surface area contributed by atoms with Gasteiger partial charge in [0.15, 0.2) is 5.78 Å². The molecule has 1 unspecified atom stereocenters. The van der Waals surface area contributed by atoms with Crippen molar-refractivity contribution in [3.63, 3.8) is 0 Å². The van der Waals surface area contributed by atoms with Gasteiger partial charge in [-0.15, -0.1) is 0 Å². The summed E-state index contributed by atoms with van der Waals surface area (Å²) in [4.78, 5) is 25.6. The highest BCUT2D eigenvalue weighted by molar-refractivity contribution is 6.12. The molecule has 1 rings (SSSR count). The minimum atomic E-state index is -1.11. The van der Waals surface area contributed by atoms with Crippen LogP contribution in [0.4, 0.5) is 0 Å². The third kappa shape index (κ3) is 2.86. The quantitative estimate of drug-likeness (QED) is 0.453. The number of nitrogens with zero attached hydrogens (tertiary/aromatic N) is 1. The molecule has 18 heavy (non-hydrogen) atoms. The van der Waals surface area contributed by atoms with Crippen LogP contribution in [0.5, 0.6) is 0 Å². The molecule has 0 spiro atoms. The second kappa shape index (κ2) is 5.63. The van der Waals surface area contributed by atoms with Crippen LogP contribution in [0.25, 0.3) is 0 Å². The highest BCUT2D eigenvalue weighted by Crippen LogP contribution is 2.25. The van der Waals surface area contributed by atoms with Gasteiger partial charge in [-0.25, -0.2) is 0 Å². The van der Waals surface area contributed by atoms with Crippen molar-refractivity contribution in [2.45, 2.75) is 19.3 Å². The fourth-order valence-corrected chi connectivity index (χ4v) is 1.89. The summed E-state index contributed by atoms with van der Waals surface area (Å²) >= 11 is 0. The second-order valence-electron chi connectivity index (χ2n) is 4.79. The minimum absolute atomic E-state index is 0.169. The molecule has 3 heteroatoms. The summed E-state index contributed by atoms with van der Waals surface area (Å²) in [5, 5.41) is 0. The van der Waals surface area contributed by atoms with Crippen LogP contribution in [-0.2, 0) is 15.0 Å². The van der Waals surface area contributed by atoms with Crippen LogP contribution in [0.2, 0.25) is 0 Å². The lowest BCUT2D eigenvalue weighted by Gasteiger charge is -2.23. The van der Waals surface area contributed by atoms with E-state index in [0.717, 1.165) is 11.8 Å². The van der Waals surface area contributed by atoms with E-state index in [4.69, 9.17) is 0 Å². The predicted molar refractivity (Wildman–Crippen MR) is 72.3 cm³/mol. The van der Waals surface area contributed by atoms with E-state index in [1.807, 2.05) is 32.3 Å². The van der Waals surface area contributed by atoms with Crippen LogP contribution in [0.1, 0.15) is 19.4 Å². The van der Waals surface area contributed by atoms with Gasteiger partial charge >= 0.3 is 0 Å². The number of carbonyl (C=O) groups excluding carboxylic acids is 2. The Hall–Kier alpha value is -1.90. The van der Waals surface area contributed by atoms with Gasteiger partial charge < -0.3 is 9.69 Å². The van der Waals surface area contributed by atoms with Gasteiger partial charge in [-0.2, -0.15) is 0 Å². The highest BCUT2D eigenvalue weighted by Gasteiger charge is 2.35. The van der Waals surface area contributed by atoms with Crippen molar-refractivity contribution in [3.8, 4) is 0 Å². The minimum Gasteiger partial charge on any atom is -0.383 e. The number of carbonyl (C=O) groups is 2. The van der Waals surface area contributed by atoms with Gasteiger partial charge in [-0.05, 0) is 19.4 Å². The lowest BCUT2D eigenvalue weighted by atomic mass is 9.77. The molecule has 0 heterocycles. The maximum atomic E-state index is 12.4. The van der Waals surface area contributed by atoms with Gasteiger partial charge in [0.2, 0.25) is 0 Å². The average molecular weight is 245 g/mol. The third-order valence-corrected chi connectivity index (χ3v) is 2.89. The summed E-state index contributed by atoms with van der Waals surface area (Å²) < 4.78 is 0. The van der Waals surface area contributed by atoms with E-state index in [2.05, 4.69) is 0 Å². The Labute approximate surface area is 108 Å². The Morgan fingerprint density at radius 2 is 1.78 bits per heavy atom. The number of rotatable bonds is 5. The Kier molecular flexibility index (Phi) is 4.43. The molecule has 0 bridgehead atoms. The van der Waals surface area contributed by atoms with Crippen molar-refractivity contribution in [3.05, 3.63) is 47.7 Å². The molecule has 0 radical (unpaired) electrons. The first kappa shape index (κ1) is 14.2. The molecule has 0 aromatic heterocycles. The SMILES string of the molecule is C/C(=C\N(C)C)C(=O)C(C)(C=O)c1ccccc1.